The summed E-state index contributed by atoms with van der Waals surface area (Å²) in [5.41, 5.74) is 2.81. The third-order valence-corrected chi connectivity index (χ3v) is 5.90. The Morgan fingerprint density at radius 2 is 1.67 bits per heavy atom. The van der Waals surface area contributed by atoms with E-state index in [0.717, 1.165) is 45.1 Å². The first-order chi connectivity index (χ1) is 14.3. The first kappa shape index (κ1) is 20.3. The van der Waals surface area contributed by atoms with Crippen LogP contribution >= 0.6 is 11.8 Å². The monoisotopic (exact) mass is 428 g/mol. The Morgan fingerprint density at radius 1 is 0.967 bits per heavy atom. The van der Waals surface area contributed by atoms with Gasteiger partial charge in [-0.1, -0.05) is 12.1 Å². The number of ether oxygens (including phenoxy) is 1. The van der Waals surface area contributed by atoms with Gasteiger partial charge in [0.05, 0.1) is 29.6 Å². The SMILES string of the molecule is COc1ccc(CSc2ccc3c(c2)c(C)nn3-c2ccc(C(F)(F)F)cc2)cc1. The Balaban J connectivity index is 1.57. The summed E-state index contributed by atoms with van der Waals surface area (Å²) in [6.07, 6.45) is -4.35. The summed E-state index contributed by atoms with van der Waals surface area (Å²) in [6, 6.07) is 19.1. The number of aromatic nitrogens is 2. The van der Waals surface area contributed by atoms with E-state index in [1.807, 2.05) is 43.3 Å². The second-order valence-electron chi connectivity index (χ2n) is 6.86. The van der Waals surface area contributed by atoms with E-state index in [1.54, 1.807) is 23.6 Å². The van der Waals surface area contributed by atoms with Gasteiger partial charge in [0.1, 0.15) is 5.75 Å². The average molecular weight is 428 g/mol. The van der Waals surface area contributed by atoms with E-state index < -0.39 is 11.7 Å². The largest absolute Gasteiger partial charge is 0.497 e. The Bertz CT molecular complexity index is 1170. The van der Waals surface area contributed by atoms with Crippen LogP contribution in [-0.2, 0) is 11.9 Å². The maximum atomic E-state index is 12.8. The molecule has 0 bridgehead atoms. The number of thioether (sulfide) groups is 1. The molecule has 0 amide bonds. The van der Waals surface area contributed by atoms with Gasteiger partial charge in [-0.25, -0.2) is 4.68 Å². The molecule has 1 heterocycles. The van der Waals surface area contributed by atoms with Crippen LogP contribution in [0.25, 0.3) is 16.6 Å². The van der Waals surface area contributed by atoms with Gasteiger partial charge in [0.25, 0.3) is 0 Å². The fourth-order valence-corrected chi connectivity index (χ4v) is 4.11. The van der Waals surface area contributed by atoms with Crippen LogP contribution in [0.2, 0.25) is 0 Å². The molecular weight excluding hydrogens is 409 g/mol. The van der Waals surface area contributed by atoms with Gasteiger partial charge in [-0.3, -0.25) is 0 Å². The highest BCUT2D eigenvalue weighted by Gasteiger charge is 2.30. The number of halogens is 3. The minimum atomic E-state index is -4.35. The normalized spacial score (nSPS) is 11.8. The first-order valence-electron chi connectivity index (χ1n) is 9.28. The minimum Gasteiger partial charge on any atom is -0.497 e. The number of rotatable bonds is 5. The fourth-order valence-electron chi connectivity index (χ4n) is 3.21. The van der Waals surface area contributed by atoms with E-state index in [0.29, 0.717) is 5.69 Å². The van der Waals surface area contributed by atoms with Crippen LogP contribution in [0.1, 0.15) is 16.8 Å². The molecule has 0 N–H and O–H groups in total. The van der Waals surface area contributed by atoms with Crippen LogP contribution in [0.5, 0.6) is 5.75 Å². The standard InChI is InChI=1S/C23H19F3N2OS/c1-15-21-13-20(30-14-16-3-9-19(29-2)10-4-16)11-12-22(21)28(27-15)18-7-5-17(6-8-18)23(24,25)26/h3-13H,14H2,1-2H3. The molecule has 7 heteroatoms. The van der Waals surface area contributed by atoms with Gasteiger partial charge in [-0.2, -0.15) is 18.3 Å². The molecular formula is C23H19F3N2OS. The molecule has 0 atom stereocenters. The second-order valence-corrected chi connectivity index (χ2v) is 7.91. The van der Waals surface area contributed by atoms with Gasteiger partial charge in [-0.15, -0.1) is 11.8 Å². The van der Waals surface area contributed by atoms with Crippen molar-refractivity contribution in [3.05, 3.63) is 83.6 Å². The van der Waals surface area contributed by atoms with Gasteiger partial charge in [0.15, 0.2) is 0 Å². The zero-order valence-corrected chi connectivity index (χ0v) is 17.2. The van der Waals surface area contributed by atoms with Gasteiger partial charge in [0, 0.05) is 16.0 Å². The molecule has 1 aromatic heterocycles. The van der Waals surface area contributed by atoms with Crippen LogP contribution in [0.4, 0.5) is 13.2 Å². The molecule has 154 valence electrons. The highest BCUT2D eigenvalue weighted by atomic mass is 32.2. The van der Waals surface area contributed by atoms with Crippen LogP contribution in [-0.4, -0.2) is 16.9 Å². The molecule has 3 aromatic carbocycles. The molecule has 0 radical (unpaired) electrons. The van der Waals surface area contributed by atoms with Crippen LogP contribution in [0.3, 0.4) is 0 Å². The number of alkyl halides is 3. The van der Waals surface area contributed by atoms with E-state index in [1.165, 1.54) is 17.7 Å². The highest BCUT2D eigenvalue weighted by molar-refractivity contribution is 7.98. The van der Waals surface area contributed by atoms with Crippen molar-refractivity contribution in [3.8, 4) is 11.4 Å². The Kier molecular flexibility index (Phi) is 5.47. The number of fused-ring (bicyclic) bond motifs is 1. The molecule has 0 aliphatic rings. The van der Waals surface area contributed by atoms with E-state index in [4.69, 9.17) is 4.74 Å². The summed E-state index contributed by atoms with van der Waals surface area (Å²) < 4.78 is 45.3. The summed E-state index contributed by atoms with van der Waals surface area (Å²) in [5, 5.41) is 5.52. The van der Waals surface area contributed by atoms with Gasteiger partial charge < -0.3 is 4.74 Å². The summed E-state index contributed by atoms with van der Waals surface area (Å²) in [6.45, 7) is 1.90. The van der Waals surface area contributed by atoms with Crippen molar-refractivity contribution in [1.82, 2.24) is 9.78 Å². The van der Waals surface area contributed by atoms with Crippen molar-refractivity contribution in [3.63, 3.8) is 0 Å². The molecule has 4 rings (SSSR count). The van der Waals surface area contributed by atoms with E-state index >= 15 is 0 Å². The topological polar surface area (TPSA) is 27.1 Å². The number of methoxy groups -OCH3 is 1. The van der Waals surface area contributed by atoms with Crippen molar-refractivity contribution in [2.24, 2.45) is 0 Å². The quantitative estimate of drug-likeness (QED) is 0.333. The van der Waals surface area contributed by atoms with Gasteiger partial charge in [0.2, 0.25) is 0 Å². The molecule has 0 unspecified atom stereocenters. The summed E-state index contributed by atoms with van der Waals surface area (Å²) >= 11 is 1.72. The lowest BCUT2D eigenvalue weighted by Gasteiger charge is -2.09. The van der Waals surface area contributed by atoms with Gasteiger partial charge in [-0.05, 0) is 67.1 Å². The molecule has 0 fully saturated rings. The lowest BCUT2D eigenvalue weighted by atomic mass is 10.2. The second kappa shape index (κ2) is 8.07. The molecule has 0 aliphatic heterocycles. The molecule has 0 aliphatic carbocycles. The van der Waals surface area contributed by atoms with Gasteiger partial charge >= 0.3 is 6.18 Å². The van der Waals surface area contributed by atoms with Crippen molar-refractivity contribution in [2.45, 2.75) is 23.7 Å². The number of aryl methyl sites for hydroxylation is 1. The predicted octanol–water partition coefficient (Wildman–Crippen LogP) is 6.65. The van der Waals surface area contributed by atoms with Crippen molar-refractivity contribution >= 4 is 22.7 Å². The van der Waals surface area contributed by atoms with Crippen LogP contribution in [0.15, 0.2) is 71.6 Å². The molecule has 3 nitrogen and oxygen atoms in total. The third-order valence-electron chi connectivity index (χ3n) is 4.84. The summed E-state index contributed by atoms with van der Waals surface area (Å²) in [7, 11) is 1.64. The van der Waals surface area contributed by atoms with Crippen molar-refractivity contribution < 1.29 is 17.9 Å². The lowest BCUT2D eigenvalue weighted by Crippen LogP contribution is -2.05. The van der Waals surface area contributed by atoms with Crippen LogP contribution < -0.4 is 4.74 Å². The molecule has 0 spiro atoms. The maximum absolute atomic E-state index is 12.8. The Labute approximate surface area is 176 Å². The predicted molar refractivity (Wildman–Crippen MR) is 113 cm³/mol. The van der Waals surface area contributed by atoms with Crippen molar-refractivity contribution in [1.29, 1.82) is 0 Å². The number of benzene rings is 3. The first-order valence-corrected chi connectivity index (χ1v) is 10.3. The highest BCUT2D eigenvalue weighted by Crippen LogP contribution is 2.32. The average Bonchev–Trinajstić information content (AvgIpc) is 3.08. The van der Waals surface area contributed by atoms with Crippen molar-refractivity contribution in [2.75, 3.05) is 7.11 Å². The van der Waals surface area contributed by atoms with Crippen LogP contribution in [0, 0.1) is 6.92 Å². The zero-order valence-electron chi connectivity index (χ0n) is 16.4. The fraction of sp³-hybridized carbons (Fsp3) is 0.174. The number of hydrogen-bond donors (Lipinski definition) is 0. The third kappa shape index (κ3) is 4.16. The molecule has 0 saturated heterocycles. The number of nitrogens with zero attached hydrogens (tertiary/aromatic N) is 2. The van der Waals surface area contributed by atoms with E-state index in [-0.39, 0.29) is 0 Å². The Morgan fingerprint density at radius 3 is 2.30 bits per heavy atom. The minimum absolute atomic E-state index is 0.597. The van der Waals surface area contributed by atoms with E-state index in [2.05, 4.69) is 11.2 Å². The molecule has 4 aromatic rings. The van der Waals surface area contributed by atoms with E-state index in [9.17, 15) is 13.2 Å². The zero-order chi connectivity index (χ0) is 21.3. The maximum Gasteiger partial charge on any atom is 0.416 e. The lowest BCUT2D eigenvalue weighted by molar-refractivity contribution is -0.137. The summed E-state index contributed by atoms with van der Waals surface area (Å²) in [4.78, 5) is 1.10. The Hall–Kier alpha value is -2.93. The molecule has 30 heavy (non-hydrogen) atoms. The number of hydrogen-bond acceptors (Lipinski definition) is 3. The molecule has 0 saturated carbocycles. The smallest absolute Gasteiger partial charge is 0.416 e. The summed E-state index contributed by atoms with van der Waals surface area (Å²) in [5.74, 6) is 1.65.